The molecule has 0 aliphatic heterocycles. The Hall–Kier alpha value is -1.30. The van der Waals surface area contributed by atoms with Crippen molar-refractivity contribution in [1.29, 1.82) is 0 Å². The van der Waals surface area contributed by atoms with E-state index in [1.165, 1.54) is 26.4 Å². The Kier molecular flexibility index (Phi) is 4.54. The maximum Gasteiger partial charge on any atom is 0.122 e. The number of benzene rings is 1. The molecule has 0 saturated carbocycles. The first kappa shape index (κ1) is 12.8. The number of ether oxygens (including phenoxy) is 2. The average molecular weight is 228 g/mol. The summed E-state index contributed by atoms with van der Waals surface area (Å²) in [5.41, 5.74) is 0.543. The monoisotopic (exact) mass is 228 g/mol. The lowest BCUT2D eigenvalue weighted by Gasteiger charge is -2.20. The molecule has 90 valence electrons. The molecule has 5 nitrogen and oxygen atoms in total. The molecule has 0 saturated heterocycles. The highest BCUT2D eigenvalue weighted by atomic mass is 16.5. The fourth-order valence-electron chi connectivity index (χ4n) is 1.50. The van der Waals surface area contributed by atoms with Crippen LogP contribution < -0.4 is 4.74 Å². The largest absolute Gasteiger partial charge is 0.508 e. The summed E-state index contributed by atoms with van der Waals surface area (Å²) in [6.07, 6.45) is -1.75. The number of methoxy groups -OCH3 is 2. The minimum absolute atomic E-state index is 0.0153. The lowest BCUT2D eigenvalue weighted by atomic mass is 10.0. The zero-order valence-electron chi connectivity index (χ0n) is 9.25. The number of phenolic OH excluding ortho intramolecular Hbond substituents is 1. The molecule has 0 aliphatic carbocycles. The van der Waals surface area contributed by atoms with Gasteiger partial charge in [0.1, 0.15) is 23.7 Å². The third-order valence-corrected chi connectivity index (χ3v) is 2.27. The van der Waals surface area contributed by atoms with Gasteiger partial charge in [0.25, 0.3) is 0 Å². The van der Waals surface area contributed by atoms with Crippen LogP contribution in [0.2, 0.25) is 0 Å². The maximum absolute atomic E-state index is 9.53. The van der Waals surface area contributed by atoms with Crippen molar-refractivity contribution in [2.24, 2.45) is 0 Å². The Bertz CT molecular complexity index is 339. The number of aromatic hydroxyl groups is 1. The number of aliphatic hydroxyl groups excluding tert-OH is 2. The van der Waals surface area contributed by atoms with Gasteiger partial charge in [-0.2, -0.15) is 0 Å². The SMILES string of the molecule is COc1cc(O)cc([C@@H](OC)[C@@H](O)CO)c1. The van der Waals surface area contributed by atoms with E-state index in [4.69, 9.17) is 14.6 Å². The van der Waals surface area contributed by atoms with Crippen LogP contribution in [0.4, 0.5) is 0 Å². The van der Waals surface area contributed by atoms with E-state index in [0.717, 1.165) is 0 Å². The summed E-state index contributed by atoms with van der Waals surface area (Å²) in [4.78, 5) is 0. The first-order chi connectivity index (χ1) is 7.62. The van der Waals surface area contributed by atoms with Gasteiger partial charge in [0.05, 0.1) is 13.7 Å². The van der Waals surface area contributed by atoms with Gasteiger partial charge in [-0.25, -0.2) is 0 Å². The summed E-state index contributed by atoms with van der Waals surface area (Å²) >= 11 is 0. The van der Waals surface area contributed by atoms with Gasteiger partial charge in [0, 0.05) is 13.2 Å². The van der Waals surface area contributed by atoms with Crippen molar-refractivity contribution in [2.45, 2.75) is 12.2 Å². The zero-order valence-corrected chi connectivity index (χ0v) is 9.25. The molecular formula is C11H16O5. The molecule has 1 aromatic rings. The van der Waals surface area contributed by atoms with E-state index >= 15 is 0 Å². The molecule has 1 rings (SSSR count). The third-order valence-electron chi connectivity index (χ3n) is 2.27. The van der Waals surface area contributed by atoms with Crippen molar-refractivity contribution in [3.8, 4) is 11.5 Å². The van der Waals surface area contributed by atoms with E-state index in [9.17, 15) is 10.2 Å². The second kappa shape index (κ2) is 5.69. The van der Waals surface area contributed by atoms with Crippen LogP contribution in [0, 0.1) is 0 Å². The average Bonchev–Trinajstić information content (AvgIpc) is 2.29. The summed E-state index contributed by atoms with van der Waals surface area (Å²) in [7, 11) is 2.89. The summed E-state index contributed by atoms with van der Waals surface area (Å²) < 4.78 is 10.1. The first-order valence-corrected chi connectivity index (χ1v) is 4.82. The number of phenols is 1. The van der Waals surface area contributed by atoms with E-state index in [1.54, 1.807) is 6.07 Å². The van der Waals surface area contributed by atoms with Gasteiger partial charge < -0.3 is 24.8 Å². The lowest BCUT2D eigenvalue weighted by Crippen LogP contribution is -2.23. The molecule has 0 fully saturated rings. The Labute approximate surface area is 93.9 Å². The molecule has 0 amide bonds. The summed E-state index contributed by atoms with van der Waals surface area (Å²) in [5.74, 6) is 0.476. The highest BCUT2D eigenvalue weighted by Gasteiger charge is 2.21. The van der Waals surface area contributed by atoms with Crippen LogP contribution in [-0.4, -0.2) is 42.3 Å². The first-order valence-electron chi connectivity index (χ1n) is 4.82. The molecule has 0 heterocycles. The van der Waals surface area contributed by atoms with Crippen LogP contribution >= 0.6 is 0 Å². The summed E-state index contributed by atoms with van der Waals surface area (Å²) in [6, 6.07) is 4.53. The van der Waals surface area contributed by atoms with Gasteiger partial charge in [-0.05, 0) is 17.7 Å². The molecule has 0 radical (unpaired) electrons. The molecule has 0 unspecified atom stereocenters. The van der Waals surface area contributed by atoms with Gasteiger partial charge in [-0.1, -0.05) is 0 Å². The van der Waals surface area contributed by atoms with Gasteiger partial charge in [0.15, 0.2) is 0 Å². The number of aliphatic hydroxyl groups is 2. The summed E-state index contributed by atoms with van der Waals surface area (Å²) in [6.45, 7) is -0.420. The Morgan fingerprint density at radius 3 is 2.44 bits per heavy atom. The predicted molar refractivity (Wildman–Crippen MR) is 57.5 cm³/mol. The third kappa shape index (κ3) is 2.85. The van der Waals surface area contributed by atoms with Crippen LogP contribution in [0.3, 0.4) is 0 Å². The Morgan fingerprint density at radius 1 is 1.25 bits per heavy atom. The zero-order chi connectivity index (χ0) is 12.1. The van der Waals surface area contributed by atoms with Gasteiger partial charge in [-0.3, -0.25) is 0 Å². The molecule has 16 heavy (non-hydrogen) atoms. The van der Waals surface area contributed by atoms with Gasteiger partial charge in [0.2, 0.25) is 0 Å². The Balaban J connectivity index is 3.04. The van der Waals surface area contributed by atoms with E-state index in [2.05, 4.69) is 0 Å². The number of hydrogen-bond acceptors (Lipinski definition) is 5. The van der Waals surface area contributed by atoms with Crippen molar-refractivity contribution in [3.63, 3.8) is 0 Å². The molecule has 1 aromatic carbocycles. The second-order valence-electron chi connectivity index (χ2n) is 3.37. The van der Waals surface area contributed by atoms with E-state index in [0.29, 0.717) is 11.3 Å². The highest BCUT2D eigenvalue weighted by molar-refractivity contribution is 5.38. The molecule has 3 N–H and O–H groups in total. The number of rotatable bonds is 5. The molecule has 2 atom stereocenters. The fraction of sp³-hybridized carbons (Fsp3) is 0.455. The van der Waals surface area contributed by atoms with Crippen molar-refractivity contribution >= 4 is 0 Å². The van der Waals surface area contributed by atoms with Crippen LogP contribution in [-0.2, 0) is 4.74 Å². The Morgan fingerprint density at radius 2 is 1.94 bits per heavy atom. The molecular weight excluding hydrogens is 212 g/mol. The lowest BCUT2D eigenvalue weighted by molar-refractivity contribution is -0.0393. The smallest absolute Gasteiger partial charge is 0.122 e. The minimum atomic E-state index is -1.04. The van der Waals surface area contributed by atoms with Crippen LogP contribution in [0.25, 0.3) is 0 Å². The molecule has 0 aliphatic rings. The molecule has 0 aromatic heterocycles. The van der Waals surface area contributed by atoms with Crippen LogP contribution in [0.15, 0.2) is 18.2 Å². The fourth-order valence-corrected chi connectivity index (χ4v) is 1.50. The number of hydrogen-bond donors (Lipinski definition) is 3. The van der Waals surface area contributed by atoms with Crippen molar-refractivity contribution in [2.75, 3.05) is 20.8 Å². The molecule has 0 spiro atoms. The van der Waals surface area contributed by atoms with E-state index in [-0.39, 0.29) is 5.75 Å². The van der Waals surface area contributed by atoms with Crippen LogP contribution in [0.5, 0.6) is 11.5 Å². The molecule has 5 heteroatoms. The van der Waals surface area contributed by atoms with E-state index < -0.39 is 18.8 Å². The maximum atomic E-state index is 9.53. The van der Waals surface area contributed by atoms with Crippen molar-refractivity contribution in [3.05, 3.63) is 23.8 Å². The van der Waals surface area contributed by atoms with E-state index in [1.807, 2.05) is 0 Å². The van der Waals surface area contributed by atoms with Crippen molar-refractivity contribution in [1.82, 2.24) is 0 Å². The summed E-state index contributed by atoms with van der Waals surface area (Å²) in [5, 5.41) is 27.8. The van der Waals surface area contributed by atoms with Crippen molar-refractivity contribution < 1.29 is 24.8 Å². The molecule has 0 bridgehead atoms. The quantitative estimate of drug-likeness (QED) is 0.681. The van der Waals surface area contributed by atoms with Crippen LogP contribution in [0.1, 0.15) is 11.7 Å². The topological polar surface area (TPSA) is 79.2 Å². The standard InChI is InChI=1S/C11H16O5/c1-15-9-4-7(3-8(13)5-9)11(16-2)10(14)6-12/h3-5,10-14H,6H2,1-2H3/t10-,11+/m0/s1. The minimum Gasteiger partial charge on any atom is -0.508 e. The van der Waals surface area contributed by atoms with Gasteiger partial charge in [-0.15, -0.1) is 0 Å². The predicted octanol–water partition coefficient (Wildman–Crippen LogP) is 0.441. The second-order valence-corrected chi connectivity index (χ2v) is 3.37. The normalized spacial score (nSPS) is 14.5. The van der Waals surface area contributed by atoms with Gasteiger partial charge >= 0.3 is 0 Å². The highest BCUT2D eigenvalue weighted by Crippen LogP contribution is 2.28.